The summed E-state index contributed by atoms with van der Waals surface area (Å²) in [6.07, 6.45) is 2.71. The number of carbonyl (C=O) groups excluding carboxylic acids is 5. The van der Waals surface area contributed by atoms with E-state index in [-0.39, 0.29) is 36.4 Å². The van der Waals surface area contributed by atoms with Gasteiger partial charge in [-0.25, -0.2) is 0 Å². The van der Waals surface area contributed by atoms with Crippen LogP contribution in [-0.2, 0) is 46.3 Å². The average Bonchev–Trinajstić information content (AvgIpc) is 3.91. The van der Waals surface area contributed by atoms with E-state index in [2.05, 4.69) is 26.2 Å². The zero-order valence-corrected chi connectivity index (χ0v) is 32.7. The predicted molar refractivity (Wildman–Crippen MR) is 207 cm³/mol. The molecule has 0 unspecified atom stereocenters. The average molecular weight is 748 g/mol. The van der Waals surface area contributed by atoms with Gasteiger partial charge in [-0.2, -0.15) is 0 Å². The van der Waals surface area contributed by atoms with Gasteiger partial charge >= 0.3 is 0 Å². The standard InChI is InChI=1S/C42H61N5O7/c1-29(2)25-34(38(49)42(5)28-54-42)44-41(52)36(27-32-15-10-7-11-16-32)46-40(51)35(26-30(3)4)45-39(50)33(19-18-31-13-8-6-9-14-31)43-37(48)17-12-20-47-21-23-53-24-22-47/h6-11,13-16,29-30,33-36H,12,17-28H2,1-5H3,(H,43,48)(H,44,52)(H,45,50)(H,46,51)/t33-,34-,35-,36-,42+/m0/s1. The molecule has 2 saturated heterocycles. The van der Waals surface area contributed by atoms with Gasteiger partial charge in [-0.05, 0) is 68.5 Å². The number of carbonyl (C=O) groups is 5. The maximum absolute atomic E-state index is 14.1. The molecule has 4 amide bonds. The topological polar surface area (TPSA) is 158 Å². The lowest BCUT2D eigenvalue weighted by atomic mass is 9.93. The molecule has 2 aromatic carbocycles. The summed E-state index contributed by atoms with van der Waals surface area (Å²) in [6, 6.07) is 15.4. The maximum Gasteiger partial charge on any atom is 0.243 e. The summed E-state index contributed by atoms with van der Waals surface area (Å²) >= 11 is 0. The van der Waals surface area contributed by atoms with Gasteiger partial charge in [0.15, 0.2) is 5.78 Å². The van der Waals surface area contributed by atoms with Crippen LogP contribution >= 0.6 is 0 Å². The summed E-state index contributed by atoms with van der Waals surface area (Å²) in [6.45, 7) is 13.7. The molecule has 2 heterocycles. The number of hydrogen-bond acceptors (Lipinski definition) is 8. The third-order valence-electron chi connectivity index (χ3n) is 9.89. The zero-order chi connectivity index (χ0) is 39.1. The van der Waals surface area contributed by atoms with Crippen molar-refractivity contribution in [2.24, 2.45) is 11.8 Å². The molecule has 4 N–H and O–H groups in total. The smallest absolute Gasteiger partial charge is 0.243 e. The Balaban J connectivity index is 1.48. The number of ketones is 1. The Morgan fingerprint density at radius 2 is 1.22 bits per heavy atom. The Bertz CT molecular complexity index is 1510. The number of epoxide rings is 1. The van der Waals surface area contributed by atoms with Crippen molar-refractivity contribution in [1.82, 2.24) is 26.2 Å². The Morgan fingerprint density at radius 1 is 0.704 bits per heavy atom. The van der Waals surface area contributed by atoms with Gasteiger partial charge in [0.2, 0.25) is 23.6 Å². The van der Waals surface area contributed by atoms with Gasteiger partial charge in [0.25, 0.3) is 0 Å². The summed E-state index contributed by atoms with van der Waals surface area (Å²) < 4.78 is 10.8. The van der Waals surface area contributed by atoms with Crippen LogP contribution in [0.5, 0.6) is 0 Å². The normalized spacial score (nSPS) is 19.3. The molecule has 0 saturated carbocycles. The Labute approximate surface area is 320 Å². The molecule has 2 aliphatic heterocycles. The van der Waals surface area contributed by atoms with E-state index in [9.17, 15) is 24.0 Å². The third kappa shape index (κ3) is 14.3. The van der Waals surface area contributed by atoms with Crippen LogP contribution in [-0.4, -0.2) is 104 Å². The second-order valence-electron chi connectivity index (χ2n) is 15.7. The van der Waals surface area contributed by atoms with Gasteiger partial charge in [-0.3, -0.25) is 28.9 Å². The quantitative estimate of drug-likeness (QED) is 0.134. The van der Waals surface area contributed by atoms with E-state index in [1.54, 1.807) is 6.92 Å². The Kier molecular flexibility index (Phi) is 16.6. The zero-order valence-electron chi connectivity index (χ0n) is 32.7. The van der Waals surface area contributed by atoms with Gasteiger partial charge in [0, 0.05) is 25.9 Å². The molecule has 0 bridgehead atoms. The van der Waals surface area contributed by atoms with Crippen molar-refractivity contribution in [1.29, 1.82) is 0 Å². The van der Waals surface area contributed by atoms with Crippen LogP contribution in [0.4, 0.5) is 0 Å². The first-order valence-electron chi connectivity index (χ1n) is 19.6. The minimum atomic E-state index is -1.03. The number of hydrogen-bond donors (Lipinski definition) is 4. The number of nitrogens with zero attached hydrogens (tertiary/aromatic N) is 1. The van der Waals surface area contributed by atoms with E-state index in [1.807, 2.05) is 88.4 Å². The second kappa shape index (κ2) is 21.1. The maximum atomic E-state index is 14.1. The van der Waals surface area contributed by atoms with Crippen molar-refractivity contribution >= 4 is 29.4 Å². The number of aryl methyl sites for hydroxylation is 1. The van der Waals surface area contributed by atoms with Crippen molar-refractivity contribution in [3.63, 3.8) is 0 Å². The van der Waals surface area contributed by atoms with Crippen LogP contribution in [0.25, 0.3) is 0 Å². The van der Waals surface area contributed by atoms with E-state index < -0.39 is 47.5 Å². The molecule has 0 aliphatic carbocycles. The van der Waals surface area contributed by atoms with Crippen LogP contribution < -0.4 is 21.3 Å². The number of benzene rings is 2. The van der Waals surface area contributed by atoms with Crippen LogP contribution in [0.2, 0.25) is 0 Å². The van der Waals surface area contributed by atoms with Gasteiger partial charge in [0.05, 0.1) is 25.9 Å². The summed E-state index contributed by atoms with van der Waals surface area (Å²) in [5.41, 5.74) is 0.927. The van der Waals surface area contributed by atoms with Crippen molar-refractivity contribution < 1.29 is 33.4 Å². The molecule has 0 spiro atoms. The van der Waals surface area contributed by atoms with Gasteiger partial charge in [-0.1, -0.05) is 88.4 Å². The van der Waals surface area contributed by atoms with Crippen LogP contribution in [0.3, 0.4) is 0 Å². The third-order valence-corrected chi connectivity index (χ3v) is 9.89. The highest BCUT2D eigenvalue weighted by Gasteiger charge is 2.50. The Hall–Kier alpha value is -4.13. The molecule has 296 valence electrons. The highest BCUT2D eigenvalue weighted by atomic mass is 16.6. The van der Waals surface area contributed by atoms with Gasteiger partial charge < -0.3 is 30.7 Å². The summed E-state index contributed by atoms with van der Waals surface area (Å²) in [5, 5.41) is 11.7. The van der Waals surface area contributed by atoms with Crippen molar-refractivity contribution in [2.45, 2.75) is 109 Å². The fourth-order valence-corrected chi connectivity index (χ4v) is 6.68. The molecule has 2 aromatic rings. The number of ether oxygens (including phenoxy) is 2. The molecule has 2 fully saturated rings. The van der Waals surface area contributed by atoms with E-state index in [1.165, 1.54) is 0 Å². The molecule has 0 aromatic heterocycles. The van der Waals surface area contributed by atoms with Gasteiger partial charge in [0.1, 0.15) is 23.7 Å². The monoisotopic (exact) mass is 747 g/mol. The predicted octanol–water partition coefficient (Wildman–Crippen LogP) is 3.36. The lowest BCUT2D eigenvalue weighted by molar-refractivity contribution is -0.135. The first kappa shape index (κ1) is 42.6. The number of amides is 4. The van der Waals surface area contributed by atoms with Gasteiger partial charge in [-0.15, -0.1) is 0 Å². The second-order valence-corrected chi connectivity index (χ2v) is 15.7. The molecular weight excluding hydrogens is 686 g/mol. The minimum absolute atomic E-state index is 0.0207. The largest absolute Gasteiger partial charge is 0.379 e. The number of rotatable bonds is 22. The summed E-state index contributed by atoms with van der Waals surface area (Å²) in [4.78, 5) is 70.9. The van der Waals surface area contributed by atoms with Crippen molar-refractivity contribution in [3.8, 4) is 0 Å². The fraction of sp³-hybridized carbons (Fsp3) is 0.595. The first-order chi connectivity index (χ1) is 25.8. The molecule has 4 rings (SSSR count). The number of morpholine rings is 1. The summed E-state index contributed by atoms with van der Waals surface area (Å²) in [5.74, 6) is -1.74. The first-order valence-corrected chi connectivity index (χ1v) is 19.6. The molecule has 2 aliphatic rings. The Morgan fingerprint density at radius 3 is 1.81 bits per heavy atom. The number of Topliss-reactive ketones (excluding diaryl/α,β-unsaturated/α-hetero) is 1. The lowest BCUT2D eigenvalue weighted by Gasteiger charge is -2.28. The highest BCUT2D eigenvalue weighted by molar-refractivity contribution is 5.98. The minimum Gasteiger partial charge on any atom is -0.379 e. The van der Waals surface area contributed by atoms with Crippen molar-refractivity contribution in [2.75, 3.05) is 39.5 Å². The highest BCUT2D eigenvalue weighted by Crippen LogP contribution is 2.29. The van der Waals surface area contributed by atoms with E-state index in [0.29, 0.717) is 51.9 Å². The molecule has 12 nitrogen and oxygen atoms in total. The molecule has 0 radical (unpaired) electrons. The van der Waals surface area contributed by atoms with E-state index >= 15 is 0 Å². The molecule has 54 heavy (non-hydrogen) atoms. The van der Waals surface area contributed by atoms with Crippen LogP contribution in [0.15, 0.2) is 60.7 Å². The van der Waals surface area contributed by atoms with Crippen molar-refractivity contribution in [3.05, 3.63) is 71.8 Å². The molecule has 5 atom stereocenters. The van der Waals surface area contributed by atoms with E-state index in [4.69, 9.17) is 9.47 Å². The number of nitrogens with one attached hydrogen (secondary N) is 4. The molecule has 12 heteroatoms. The fourth-order valence-electron chi connectivity index (χ4n) is 6.68. The SMILES string of the molecule is CC(C)C[C@H](NC(=O)[C@H](CCc1ccccc1)NC(=O)CCCN1CCOCC1)C(=O)N[C@@H](Cc1ccccc1)C(=O)N[C@@H](CC(C)C)C(=O)[C@@]1(C)CO1. The summed E-state index contributed by atoms with van der Waals surface area (Å²) in [7, 11) is 0. The lowest BCUT2D eigenvalue weighted by Crippen LogP contribution is -2.59. The van der Waals surface area contributed by atoms with Crippen LogP contribution in [0, 0.1) is 11.8 Å². The molecular formula is C42H61N5O7. The van der Waals surface area contributed by atoms with Crippen LogP contribution in [0.1, 0.15) is 77.8 Å². The van der Waals surface area contributed by atoms with E-state index in [0.717, 1.165) is 30.8 Å².